The largest absolute Gasteiger partial charge is 0.506 e. The average molecular weight is 375 g/mol. The number of nitriles is 1. The summed E-state index contributed by atoms with van der Waals surface area (Å²) in [5.41, 5.74) is 1.02. The van der Waals surface area contributed by atoms with Crippen LogP contribution in [0.1, 0.15) is 12.5 Å². The van der Waals surface area contributed by atoms with Gasteiger partial charge in [-0.25, -0.2) is 9.89 Å². The van der Waals surface area contributed by atoms with Crippen LogP contribution in [0.4, 0.5) is 11.4 Å². The van der Waals surface area contributed by atoms with Gasteiger partial charge in [0.1, 0.15) is 11.8 Å². The minimum atomic E-state index is -0.613. The fourth-order valence-corrected chi connectivity index (χ4v) is 2.78. The smallest absolute Gasteiger partial charge is 0.258 e. The first-order chi connectivity index (χ1) is 11.9. The molecule has 0 bridgehead atoms. The monoisotopic (exact) mass is 374 g/mol. The van der Waals surface area contributed by atoms with Crippen molar-refractivity contribution in [3.8, 4) is 11.8 Å². The topological polar surface area (TPSA) is 88.7 Å². The van der Waals surface area contributed by atoms with Crippen molar-refractivity contribution in [3.05, 3.63) is 52.0 Å². The lowest BCUT2D eigenvalue weighted by atomic mass is 10.2. The SMILES string of the molecule is C[C@@H]1N=C(Nc2ccc(C#N)cc2O)N(c2cccc(Cl)c2Cl)C1=O. The number of nitrogens with one attached hydrogen (secondary N) is 1. The fraction of sp³-hybridized carbons (Fsp3) is 0.118. The number of nitrogens with zero attached hydrogens (tertiary/aromatic N) is 3. The Bertz CT molecular complexity index is 937. The number of benzene rings is 2. The zero-order chi connectivity index (χ0) is 18.1. The summed E-state index contributed by atoms with van der Waals surface area (Å²) in [5.74, 6) is -0.202. The van der Waals surface area contributed by atoms with E-state index in [0.717, 1.165) is 0 Å². The number of phenols is 1. The number of rotatable bonds is 2. The Morgan fingerprint density at radius 1 is 1.32 bits per heavy atom. The Hall–Kier alpha value is -2.75. The van der Waals surface area contributed by atoms with Gasteiger partial charge in [0.25, 0.3) is 5.91 Å². The third-order valence-electron chi connectivity index (χ3n) is 3.65. The van der Waals surface area contributed by atoms with Gasteiger partial charge in [0.15, 0.2) is 0 Å². The van der Waals surface area contributed by atoms with Crippen LogP contribution in [-0.2, 0) is 4.79 Å². The Balaban J connectivity index is 1.99. The van der Waals surface area contributed by atoms with Crippen molar-refractivity contribution in [2.45, 2.75) is 13.0 Å². The Kier molecular flexibility index (Phi) is 4.53. The number of amides is 1. The zero-order valence-corrected chi connectivity index (χ0v) is 14.5. The van der Waals surface area contributed by atoms with E-state index < -0.39 is 6.04 Å². The van der Waals surface area contributed by atoms with Crippen LogP contribution in [-0.4, -0.2) is 23.0 Å². The normalized spacial score (nSPS) is 16.6. The minimum absolute atomic E-state index is 0.133. The van der Waals surface area contributed by atoms with Crippen molar-refractivity contribution in [2.75, 3.05) is 10.2 Å². The van der Waals surface area contributed by atoms with Crippen LogP contribution in [0.5, 0.6) is 5.75 Å². The molecule has 1 atom stereocenters. The van der Waals surface area contributed by atoms with Crippen LogP contribution in [0.3, 0.4) is 0 Å². The van der Waals surface area contributed by atoms with E-state index in [2.05, 4.69) is 10.3 Å². The molecule has 0 saturated carbocycles. The van der Waals surface area contributed by atoms with E-state index >= 15 is 0 Å². The van der Waals surface area contributed by atoms with Gasteiger partial charge in [-0.1, -0.05) is 29.3 Å². The van der Waals surface area contributed by atoms with Crippen molar-refractivity contribution in [3.63, 3.8) is 0 Å². The number of aromatic hydroxyl groups is 1. The maximum atomic E-state index is 12.5. The van der Waals surface area contributed by atoms with Gasteiger partial charge in [0, 0.05) is 0 Å². The highest BCUT2D eigenvalue weighted by atomic mass is 35.5. The van der Waals surface area contributed by atoms with E-state index in [1.807, 2.05) is 6.07 Å². The number of aliphatic imine (C=N–C) groups is 1. The molecule has 25 heavy (non-hydrogen) atoms. The molecule has 1 amide bonds. The van der Waals surface area contributed by atoms with Crippen molar-refractivity contribution >= 4 is 46.4 Å². The summed E-state index contributed by atoms with van der Waals surface area (Å²) in [6.07, 6.45) is 0. The van der Waals surface area contributed by atoms with Crippen LogP contribution in [0.15, 0.2) is 41.4 Å². The maximum Gasteiger partial charge on any atom is 0.258 e. The Morgan fingerprint density at radius 2 is 2.08 bits per heavy atom. The molecule has 2 N–H and O–H groups in total. The molecule has 0 aliphatic carbocycles. The lowest BCUT2D eigenvalue weighted by Crippen LogP contribution is -2.38. The Labute approximate surface area is 153 Å². The van der Waals surface area contributed by atoms with E-state index in [9.17, 15) is 9.90 Å². The summed E-state index contributed by atoms with van der Waals surface area (Å²) in [6, 6.07) is 10.7. The van der Waals surface area contributed by atoms with E-state index in [0.29, 0.717) is 22.0 Å². The number of anilines is 2. The lowest BCUT2D eigenvalue weighted by molar-refractivity contribution is -0.117. The first-order valence-corrected chi connectivity index (χ1v) is 8.04. The first-order valence-electron chi connectivity index (χ1n) is 7.28. The predicted octanol–water partition coefficient (Wildman–Crippen LogP) is 3.77. The number of hydrogen-bond acceptors (Lipinski definition) is 5. The molecule has 0 unspecified atom stereocenters. The third kappa shape index (κ3) is 3.12. The maximum absolute atomic E-state index is 12.5. The van der Waals surface area contributed by atoms with Crippen LogP contribution < -0.4 is 10.2 Å². The number of guanidine groups is 1. The molecule has 8 heteroatoms. The number of hydrogen-bond donors (Lipinski definition) is 2. The second kappa shape index (κ2) is 6.63. The molecular weight excluding hydrogens is 363 g/mol. The predicted molar refractivity (Wildman–Crippen MR) is 97.3 cm³/mol. The van der Waals surface area contributed by atoms with Crippen molar-refractivity contribution in [1.29, 1.82) is 5.26 Å². The third-order valence-corrected chi connectivity index (χ3v) is 4.46. The number of carbonyl (C=O) groups excluding carboxylic acids is 1. The van der Waals surface area contributed by atoms with Crippen molar-refractivity contribution in [1.82, 2.24) is 0 Å². The van der Waals surface area contributed by atoms with Crippen LogP contribution in [0.25, 0.3) is 0 Å². The van der Waals surface area contributed by atoms with Gasteiger partial charge < -0.3 is 10.4 Å². The van der Waals surface area contributed by atoms with Gasteiger partial charge in [-0.15, -0.1) is 0 Å². The highest BCUT2D eigenvalue weighted by Crippen LogP contribution is 2.35. The van der Waals surface area contributed by atoms with Crippen LogP contribution in [0.2, 0.25) is 10.0 Å². The van der Waals surface area contributed by atoms with Crippen molar-refractivity contribution in [2.24, 2.45) is 4.99 Å². The molecule has 6 nitrogen and oxygen atoms in total. The van der Waals surface area contributed by atoms with Crippen LogP contribution in [0, 0.1) is 11.3 Å². The molecule has 0 spiro atoms. The van der Waals surface area contributed by atoms with E-state index in [1.54, 1.807) is 31.2 Å². The molecule has 0 aromatic heterocycles. The molecule has 2 aromatic carbocycles. The summed E-state index contributed by atoms with van der Waals surface area (Å²) in [6.45, 7) is 1.65. The molecule has 1 aliphatic heterocycles. The highest BCUT2D eigenvalue weighted by Gasteiger charge is 2.34. The second-order valence-electron chi connectivity index (χ2n) is 5.34. The molecule has 0 saturated heterocycles. The van der Waals surface area contributed by atoms with Crippen LogP contribution >= 0.6 is 23.2 Å². The van der Waals surface area contributed by atoms with Crippen molar-refractivity contribution < 1.29 is 9.90 Å². The van der Waals surface area contributed by atoms with E-state index in [4.69, 9.17) is 28.5 Å². The highest BCUT2D eigenvalue weighted by molar-refractivity contribution is 6.45. The molecule has 0 fully saturated rings. The van der Waals surface area contributed by atoms with Gasteiger partial charge >= 0.3 is 0 Å². The van der Waals surface area contributed by atoms with Gasteiger partial charge in [-0.3, -0.25) is 4.79 Å². The molecule has 1 heterocycles. The first kappa shape index (κ1) is 17.1. The second-order valence-corrected chi connectivity index (χ2v) is 6.13. The molecule has 0 radical (unpaired) electrons. The number of carbonyl (C=O) groups is 1. The quantitative estimate of drug-likeness (QED) is 0.782. The summed E-state index contributed by atoms with van der Waals surface area (Å²) >= 11 is 12.3. The molecule has 2 aromatic rings. The van der Waals surface area contributed by atoms with Gasteiger partial charge in [-0.05, 0) is 37.3 Å². The van der Waals surface area contributed by atoms with Gasteiger partial charge in [-0.2, -0.15) is 5.26 Å². The van der Waals surface area contributed by atoms with E-state index in [1.165, 1.54) is 17.0 Å². The van der Waals surface area contributed by atoms with Gasteiger partial charge in [0.05, 0.1) is 33.1 Å². The average Bonchev–Trinajstić information content (AvgIpc) is 2.86. The molecule has 1 aliphatic rings. The summed E-state index contributed by atoms with van der Waals surface area (Å²) in [7, 11) is 0. The standard InChI is InChI=1S/C17H12Cl2N4O2/c1-9-16(25)23(13-4-2-3-11(18)15(13)19)17(21-9)22-12-6-5-10(8-20)7-14(12)24/h2-7,9,24H,1H3,(H,21,22)/t9-/m0/s1. The summed E-state index contributed by atoms with van der Waals surface area (Å²) < 4.78 is 0. The zero-order valence-electron chi connectivity index (χ0n) is 13.0. The molecular formula is C17H12Cl2N4O2. The molecule has 126 valence electrons. The molecule has 3 rings (SSSR count). The summed E-state index contributed by atoms with van der Waals surface area (Å²) in [4.78, 5) is 18.1. The lowest BCUT2D eigenvalue weighted by Gasteiger charge is -2.21. The van der Waals surface area contributed by atoms with Gasteiger partial charge in [0.2, 0.25) is 5.96 Å². The van der Waals surface area contributed by atoms with E-state index in [-0.39, 0.29) is 22.6 Å². The fourth-order valence-electron chi connectivity index (χ4n) is 2.40. The number of phenolic OH excluding ortho intramolecular Hbond substituents is 1. The number of halogens is 2. The summed E-state index contributed by atoms with van der Waals surface area (Å²) in [5, 5.41) is 22.4. The Morgan fingerprint density at radius 3 is 2.76 bits per heavy atom. The minimum Gasteiger partial charge on any atom is -0.506 e.